The fourth-order valence-corrected chi connectivity index (χ4v) is 3.70. The Labute approximate surface area is 203 Å². The second kappa shape index (κ2) is 11.5. The molecule has 0 aromatic heterocycles. The van der Waals surface area contributed by atoms with Crippen molar-refractivity contribution in [2.24, 2.45) is 0 Å². The number of amides is 1. The molecular formula is C23H27N3O7S. The van der Waals surface area contributed by atoms with E-state index >= 15 is 0 Å². The van der Waals surface area contributed by atoms with Gasteiger partial charge in [-0.3, -0.25) is 10.1 Å². The van der Waals surface area contributed by atoms with E-state index in [0.29, 0.717) is 54.8 Å². The fourth-order valence-electron chi connectivity index (χ4n) is 3.50. The van der Waals surface area contributed by atoms with Crippen molar-refractivity contribution in [3.05, 3.63) is 41.5 Å². The molecule has 182 valence electrons. The Morgan fingerprint density at radius 3 is 2.15 bits per heavy atom. The predicted molar refractivity (Wildman–Crippen MR) is 131 cm³/mol. The summed E-state index contributed by atoms with van der Waals surface area (Å²) in [6.07, 6.45) is 0. The number of hydrogen-bond acceptors (Lipinski definition) is 9. The van der Waals surface area contributed by atoms with Crippen molar-refractivity contribution >= 4 is 40.6 Å². The summed E-state index contributed by atoms with van der Waals surface area (Å²) in [6.45, 7) is 2.52. The average molecular weight is 490 g/mol. The van der Waals surface area contributed by atoms with Crippen LogP contribution in [0.5, 0.6) is 17.2 Å². The van der Waals surface area contributed by atoms with Crippen molar-refractivity contribution in [3.63, 3.8) is 0 Å². The molecule has 0 unspecified atom stereocenters. The number of hydrogen-bond donors (Lipinski definition) is 2. The van der Waals surface area contributed by atoms with Gasteiger partial charge in [0.2, 0.25) is 5.75 Å². The van der Waals surface area contributed by atoms with Crippen LogP contribution in [0.15, 0.2) is 30.3 Å². The molecule has 0 radical (unpaired) electrons. The molecule has 0 bridgehead atoms. The number of rotatable bonds is 7. The highest BCUT2D eigenvalue weighted by Gasteiger charge is 2.20. The van der Waals surface area contributed by atoms with Crippen molar-refractivity contribution in [1.82, 2.24) is 5.32 Å². The van der Waals surface area contributed by atoms with Crippen LogP contribution in [0.2, 0.25) is 0 Å². The lowest BCUT2D eigenvalue weighted by Gasteiger charge is -2.31. The van der Waals surface area contributed by atoms with Gasteiger partial charge in [-0.2, -0.15) is 0 Å². The maximum atomic E-state index is 12.9. The Hall–Kier alpha value is -3.57. The lowest BCUT2D eigenvalue weighted by molar-refractivity contribution is 0.0600. The van der Waals surface area contributed by atoms with Crippen LogP contribution >= 0.6 is 12.2 Å². The Balaban J connectivity index is 1.83. The van der Waals surface area contributed by atoms with E-state index < -0.39 is 11.9 Å². The predicted octanol–water partition coefficient (Wildman–Crippen LogP) is 2.46. The van der Waals surface area contributed by atoms with Gasteiger partial charge in [0, 0.05) is 18.7 Å². The number of nitrogens with one attached hydrogen (secondary N) is 2. The summed E-state index contributed by atoms with van der Waals surface area (Å²) >= 11 is 5.39. The standard InChI is InChI=1S/C23H27N3O7S/c1-29-18-12-15(13-19(30-2)20(18)31-3)21(27)25-23(34)24-16-11-14(22(28)32-4)5-6-17(16)26-7-9-33-10-8-26/h5-6,11-13H,7-10H2,1-4H3,(H2,24,25,27,34). The number of thiocarbonyl (C=S) groups is 1. The molecular weight excluding hydrogens is 462 g/mol. The molecule has 10 nitrogen and oxygen atoms in total. The molecule has 2 aromatic rings. The smallest absolute Gasteiger partial charge is 0.337 e. The van der Waals surface area contributed by atoms with Gasteiger partial charge in [0.05, 0.1) is 58.6 Å². The highest BCUT2D eigenvalue weighted by atomic mass is 32.1. The van der Waals surface area contributed by atoms with Crippen LogP contribution in [-0.4, -0.2) is 71.7 Å². The van der Waals surface area contributed by atoms with Gasteiger partial charge >= 0.3 is 5.97 Å². The maximum Gasteiger partial charge on any atom is 0.337 e. The van der Waals surface area contributed by atoms with Gasteiger partial charge in [0.15, 0.2) is 16.6 Å². The first-order valence-corrected chi connectivity index (χ1v) is 10.8. The number of carbonyl (C=O) groups excluding carboxylic acids is 2. The van der Waals surface area contributed by atoms with E-state index in [4.69, 9.17) is 35.9 Å². The first kappa shape index (κ1) is 25.1. The number of methoxy groups -OCH3 is 4. The van der Waals surface area contributed by atoms with Crippen molar-refractivity contribution in [1.29, 1.82) is 0 Å². The number of esters is 1. The summed E-state index contributed by atoms with van der Waals surface area (Å²) in [5, 5.41) is 5.73. The molecule has 1 aliphatic heterocycles. The Morgan fingerprint density at radius 2 is 1.59 bits per heavy atom. The van der Waals surface area contributed by atoms with Crippen LogP contribution in [0.3, 0.4) is 0 Å². The molecule has 0 aliphatic carbocycles. The van der Waals surface area contributed by atoms with E-state index in [1.807, 2.05) is 6.07 Å². The van der Waals surface area contributed by atoms with E-state index in [1.54, 1.807) is 12.1 Å². The molecule has 0 saturated carbocycles. The number of morpholine rings is 1. The van der Waals surface area contributed by atoms with E-state index in [9.17, 15) is 9.59 Å². The van der Waals surface area contributed by atoms with E-state index in [0.717, 1.165) is 5.69 Å². The van der Waals surface area contributed by atoms with Gasteiger partial charge in [0.25, 0.3) is 5.91 Å². The normalized spacial score (nSPS) is 13.0. The fraction of sp³-hybridized carbons (Fsp3) is 0.348. The second-order valence-electron chi connectivity index (χ2n) is 7.15. The molecule has 1 fully saturated rings. The molecule has 3 rings (SSSR count). The minimum atomic E-state index is -0.482. The molecule has 11 heteroatoms. The molecule has 34 heavy (non-hydrogen) atoms. The van der Waals surface area contributed by atoms with Gasteiger partial charge in [-0.15, -0.1) is 0 Å². The molecule has 0 spiro atoms. The van der Waals surface area contributed by atoms with Gasteiger partial charge in [0.1, 0.15) is 0 Å². The van der Waals surface area contributed by atoms with Crippen LogP contribution in [0.4, 0.5) is 11.4 Å². The van der Waals surface area contributed by atoms with Crippen LogP contribution in [0.1, 0.15) is 20.7 Å². The van der Waals surface area contributed by atoms with Gasteiger partial charge in [-0.05, 0) is 42.5 Å². The van der Waals surface area contributed by atoms with Crippen LogP contribution in [0.25, 0.3) is 0 Å². The molecule has 1 amide bonds. The van der Waals surface area contributed by atoms with Crippen molar-refractivity contribution < 1.29 is 33.3 Å². The highest BCUT2D eigenvalue weighted by molar-refractivity contribution is 7.80. The summed E-state index contributed by atoms with van der Waals surface area (Å²) in [6, 6.07) is 8.17. The van der Waals surface area contributed by atoms with Crippen molar-refractivity contribution in [2.75, 3.05) is 65.0 Å². The van der Waals surface area contributed by atoms with E-state index in [1.165, 1.54) is 40.6 Å². The zero-order chi connectivity index (χ0) is 24.7. The summed E-state index contributed by atoms with van der Waals surface area (Å²) in [7, 11) is 5.72. The maximum absolute atomic E-state index is 12.9. The summed E-state index contributed by atoms with van der Waals surface area (Å²) in [5.41, 5.74) is 1.98. The summed E-state index contributed by atoms with van der Waals surface area (Å²) in [5.74, 6) is 0.0901. The third-order valence-electron chi connectivity index (χ3n) is 5.17. The first-order valence-electron chi connectivity index (χ1n) is 10.4. The van der Waals surface area contributed by atoms with Gasteiger partial charge in [-0.25, -0.2) is 4.79 Å². The SMILES string of the molecule is COC(=O)c1ccc(N2CCOCC2)c(NC(=S)NC(=O)c2cc(OC)c(OC)c(OC)c2)c1. The zero-order valence-corrected chi connectivity index (χ0v) is 20.2. The average Bonchev–Trinajstić information content (AvgIpc) is 2.87. The Kier molecular flexibility index (Phi) is 8.50. The third-order valence-corrected chi connectivity index (χ3v) is 5.38. The molecule has 2 aromatic carbocycles. The molecule has 0 atom stereocenters. The third kappa shape index (κ3) is 5.67. The van der Waals surface area contributed by atoms with Gasteiger partial charge < -0.3 is 33.9 Å². The number of ether oxygens (including phenoxy) is 5. The van der Waals surface area contributed by atoms with Crippen LogP contribution in [0, 0.1) is 0 Å². The molecule has 1 saturated heterocycles. The lowest BCUT2D eigenvalue weighted by atomic mass is 10.1. The Bertz CT molecular complexity index is 1050. The topological polar surface area (TPSA) is 108 Å². The van der Waals surface area contributed by atoms with Crippen LogP contribution < -0.4 is 29.7 Å². The van der Waals surface area contributed by atoms with Crippen LogP contribution in [-0.2, 0) is 9.47 Å². The summed E-state index contributed by atoms with van der Waals surface area (Å²) < 4.78 is 26.2. The lowest BCUT2D eigenvalue weighted by Crippen LogP contribution is -2.38. The van der Waals surface area contributed by atoms with E-state index in [-0.39, 0.29) is 10.7 Å². The first-order chi connectivity index (χ1) is 16.4. The number of carbonyl (C=O) groups is 2. The van der Waals surface area contributed by atoms with Crippen molar-refractivity contribution in [2.45, 2.75) is 0 Å². The zero-order valence-electron chi connectivity index (χ0n) is 19.4. The largest absolute Gasteiger partial charge is 0.493 e. The molecule has 1 aliphatic rings. The minimum absolute atomic E-state index is 0.0512. The summed E-state index contributed by atoms with van der Waals surface area (Å²) in [4.78, 5) is 27.1. The quantitative estimate of drug-likeness (QED) is 0.445. The van der Waals surface area contributed by atoms with Crippen molar-refractivity contribution in [3.8, 4) is 17.2 Å². The monoisotopic (exact) mass is 489 g/mol. The Morgan fingerprint density at radius 1 is 0.941 bits per heavy atom. The van der Waals surface area contributed by atoms with Gasteiger partial charge in [-0.1, -0.05) is 0 Å². The number of nitrogens with zero attached hydrogens (tertiary/aromatic N) is 1. The van der Waals surface area contributed by atoms with E-state index in [2.05, 4.69) is 15.5 Å². The second-order valence-corrected chi connectivity index (χ2v) is 7.55. The molecule has 1 heterocycles. The minimum Gasteiger partial charge on any atom is -0.493 e. The molecule has 2 N–H and O–H groups in total. The number of anilines is 2. The highest BCUT2D eigenvalue weighted by Crippen LogP contribution is 2.38. The number of benzene rings is 2.